The number of rotatable bonds is 9. The Labute approximate surface area is 205 Å². The Balaban J connectivity index is 1.61. The third kappa shape index (κ3) is 4.14. The Morgan fingerprint density at radius 1 is 0.943 bits per heavy atom. The van der Waals surface area contributed by atoms with Gasteiger partial charge in [-0.3, -0.25) is 4.79 Å². The van der Waals surface area contributed by atoms with Crippen LogP contribution in [0.3, 0.4) is 0 Å². The largest absolute Gasteiger partial charge is 0.502 e. The van der Waals surface area contributed by atoms with E-state index in [1.165, 1.54) is 20.6 Å². The minimum atomic E-state index is -0.456. The Kier molecular flexibility index (Phi) is 6.65. The number of esters is 1. The summed E-state index contributed by atoms with van der Waals surface area (Å²) in [4.78, 5) is 13.1. The Hall–Kier alpha value is -3.13. The molecule has 1 aliphatic carbocycles. The lowest BCUT2D eigenvalue weighted by molar-refractivity contribution is -0.141. The molecule has 2 heterocycles. The van der Waals surface area contributed by atoms with Crippen LogP contribution in [-0.4, -0.2) is 45.3 Å². The fourth-order valence-electron chi connectivity index (χ4n) is 5.56. The summed E-state index contributed by atoms with van der Waals surface area (Å²) in [5, 5.41) is 10.5. The van der Waals surface area contributed by atoms with Gasteiger partial charge in [0.1, 0.15) is 0 Å². The van der Waals surface area contributed by atoms with E-state index in [9.17, 15) is 9.90 Å². The van der Waals surface area contributed by atoms with Crippen molar-refractivity contribution < 1.29 is 38.3 Å². The van der Waals surface area contributed by atoms with Gasteiger partial charge in [0.2, 0.25) is 12.5 Å². The van der Waals surface area contributed by atoms with E-state index in [1.54, 1.807) is 12.1 Å². The monoisotopic (exact) mass is 484 g/mol. The summed E-state index contributed by atoms with van der Waals surface area (Å²) in [6.07, 6.45) is 4.10. The molecule has 1 N–H and O–H groups in total. The van der Waals surface area contributed by atoms with Crippen molar-refractivity contribution >= 4 is 5.97 Å². The summed E-state index contributed by atoms with van der Waals surface area (Å²) < 4.78 is 34.2. The minimum Gasteiger partial charge on any atom is -0.502 e. The molecular formula is C27H32O8. The van der Waals surface area contributed by atoms with Crippen molar-refractivity contribution in [3.8, 4) is 28.7 Å². The minimum absolute atomic E-state index is 0.0840. The number of cyclic esters (lactones) is 1. The summed E-state index contributed by atoms with van der Waals surface area (Å²) in [6.45, 7) is 3.24. The molecule has 2 aliphatic heterocycles. The molecule has 8 heteroatoms. The average molecular weight is 485 g/mol. The van der Waals surface area contributed by atoms with E-state index in [-0.39, 0.29) is 48.0 Å². The molecule has 35 heavy (non-hydrogen) atoms. The molecule has 1 saturated heterocycles. The molecule has 8 nitrogen and oxygen atoms in total. The highest BCUT2D eigenvalue weighted by Crippen LogP contribution is 2.56. The van der Waals surface area contributed by atoms with Gasteiger partial charge < -0.3 is 33.5 Å². The predicted molar refractivity (Wildman–Crippen MR) is 126 cm³/mol. The summed E-state index contributed by atoms with van der Waals surface area (Å²) in [6, 6.07) is 7.44. The topological polar surface area (TPSA) is 92.7 Å². The first-order valence-corrected chi connectivity index (χ1v) is 12.2. The van der Waals surface area contributed by atoms with E-state index in [1.807, 2.05) is 12.1 Å². The van der Waals surface area contributed by atoms with Gasteiger partial charge in [0.25, 0.3) is 0 Å². The predicted octanol–water partition coefficient (Wildman–Crippen LogP) is 4.71. The van der Waals surface area contributed by atoms with Crippen LogP contribution in [0.25, 0.3) is 0 Å². The fraction of sp³-hybridized carbons (Fsp3) is 0.519. The van der Waals surface area contributed by atoms with Crippen LogP contribution in [-0.2, 0) is 14.3 Å². The first-order chi connectivity index (χ1) is 17.1. The van der Waals surface area contributed by atoms with Crippen LogP contribution in [0.15, 0.2) is 24.3 Å². The maximum absolute atomic E-state index is 13.1. The quantitative estimate of drug-likeness (QED) is 0.404. The molecule has 5 rings (SSSR count). The van der Waals surface area contributed by atoms with Gasteiger partial charge in [-0.15, -0.1) is 0 Å². The first kappa shape index (κ1) is 23.6. The van der Waals surface area contributed by atoms with Gasteiger partial charge in [-0.1, -0.05) is 26.2 Å². The second kappa shape index (κ2) is 9.85. The highest BCUT2D eigenvalue weighted by atomic mass is 16.7. The molecule has 0 radical (unpaired) electrons. The summed E-state index contributed by atoms with van der Waals surface area (Å²) >= 11 is 0. The number of benzene rings is 2. The molecule has 0 spiro atoms. The van der Waals surface area contributed by atoms with Crippen LogP contribution < -0.4 is 18.9 Å². The molecular weight excluding hydrogens is 452 g/mol. The number of aromatic hydroxyl groups is 1. The number of ether oxygens (including phenoxy) is 6. The number of methoxy groups -OCH3 is 2. The molecule has 0 bridgehead atoms. The number of phenolic OH excluding ortho intramolecular Hbond substituents is 1. The zero-order chi connectivity index (χ0) is 24.5. The van der Waals surface area contributed by atoms with E-state index in [4.69, 9.17) is 28.4 Å². The van der Waals surface area contributed by atoms with Crippen LogP contribution in [0.4, 0.5) is 0 Å². The number of unbranched alkanes of at least 4 members (excludes halogenated alkanes) is 3. The Morgan fingerprint density at radius 2 is 1.63 bits per heavy atom. The number of hydrogen-bond donors (Lipinski definition) is 1. The molecule has 4 atom stereocenters. The third-order valence-electron chi connectivity index (χ3n) is 7.28. The Bertz CT molecular complexity index is 1070. The molecule has 0 unspecified atom stereocenters. The van der Waals surface area contributed by atoms with Crippen LogP contribution in [0, 0.1) is 11.8 Å². The van der Waals surface area contributed by atoms with Gasteiger partial charge in [0, 0.05) is 18.4 Å². The van der Waals surface area contributed by atoms with Gasteiger partial charge in [-0.05, 0) is 47.4 Å². The molecule has 3 aliphatic rings. The summed E-state index contributed by atoms with van der Waals surface area (Å²) in [7, 11) is 2.97. The molecule has 188 valence electrons. The SMILES string of the molecule is CCCCCCO[C@@H]1c2cc3c(cc2[C@@H](c2cc(OC)c(O)c(OC)c2)[C@H]2C(=O)OC[C@@H]21)OCO3. The van der Waals surface area contributed by atoms with Crippen molar-refractivity contribution in [2.45, 2.75) is 44.6 Å². The first-order valence-electron chi connectivity index (χ1n) is 12.2. The van der Waals surface area contributed by atoms with Crippen molar-refractivity contribution in [2.75, 3.05) is 34.2 Å². The van der Waals surface area contributed by atoms with Crippen molar-refractivity contribution in [3.05, 3.63) is 41.0 Å². The average Bonchev–Trinajstić information content (AvgIpc) is 3.49. The van der Waals surface area contributed by atoms with Crippen molar-refractivity contribution in [1.82, 2.24) is 0 Å². The molecule has 0 amide bonds. The van der Waals surface area contributed by atoms with Gasteiger partial charge in [0.05, 0.1) is 32.8 Å². The molecule has 0 aromatic heterocycles. The smallest absolute Gasteiger partial charge is 0.310 e. The maximum Gasteiger partial charge on any atom is 0.310 e. The summed E-state index contributed by atoms with van der Waals surface area (Å²) in [5.74, 6) is 0.554. The summed E-state index contributed by atoms with van der Waals surface area (Å²) in [5.41, 5.74) is 2.68. The molecule has 2 aromatic carbocycles. The Morgan fingerprint density at radius 3 is 2.29 bits per heavy atom. The number of phenols is 1. The highest BCUT2D eigenvalue weighted by molar-refractivity contribution is 5.79. The van der Waals surface area contributed by atoms with Gasteiger partial charge >= 0.3 is 5.97 Å². The van der Waals surface area contributed by atoms with Gasteiger partial charge in [-0.25, -0.2) is 0 Å². The third-order valence-corrected chi connectivity index (χ3v) is 7.28. The van der Waals surface area contributed by atoms with Crippen molar-refractivity contribution in [1.29, 1.82) is 0 Å². The van der Waals surface area contributed by atoms with Crippen molar-refractivity contribution in [2.24, 2.45) is 11.8 Å². The van der Waals surface area contributed by atoms with Crippen LogP contribution in [0.2, 0.25) is 0 Å². The van der Waals surface area contributed by atoms with E-state index in [2.05, 4.69) is 6.92 Å². The van der Waals surface area contributed by atoms with Gasteiger partial charge in [0.15, 0.2) is 23.0 Å². The molecule has 1 fully saturated rings. The molecule has 2 aromatic rings. The lowest BCUT2D eigenvalue weighted by Crippen LogP contribution is -2.36. The van der Waals surface area contributed by atoms with E-state index >= 15 is 0 Å². The highest BCUT2D eigenvalue weighted by Gasteiger charge is 2.53. The maximum atomic E-state index is 13.1. The molecule has 0 saturated carbocycles. The lowest BCUT2D eigenvalue weighted by atomic mass is 9.66. The second-order valence-electron chi connectivity index (χ2n) is 9.26. The number of carbonyl (C=O) groups is 1. The van der Waals surface area contributed by atoms with E-state index in [0.717, 1.165) is 36.0 Å². The zero-order valence-corrected chi connectivity index (χ0v) is 20.4. The van der Waals surface area contributed by atoms with Crippen LogP contribution in [0.1, 0.15) is 61.3 Å². The normalized spacial score (nSPS) is 24.0. The standard InChI is InChI=1S/C27H32O8/c1-4-5-6-7-8-32-26-17-12-20-19(34-14-35-20)11-16(17)23(24-18(26)13-33-27(24)29)15-9-21(30-2)25(28)22(10-15)31-3/h9-12,18,23-24,26,28H,4-8,13-14H2,1-3H3/t18-,23+,24-,26+/m0/s1. The van der Waals surface area contributed by atoms with Crippen LogP contribution >= 0.6 is 0 Å². The number of carbonyl (C=O) groups excluding carboxylic acids is 1. The van der Waals surface area contributed by atoms with Crippen LogP contribution in [0.5, 0.6) is 28.7 Å². The van der Waals surface area contributed by atoms with E-state index < -0.39 is 5.92 Å². The second-order valence-corrected chi connectivity index (χ2v) is 9.26. The fourth-order valence-corrected chi connectivity index (χ4v) is 5.56. The number of hydrogen-bond acceptors (Lipinski definition) is 8. The van der Waals surface area contributed by atoms with Crippen molar-refractivity contribution in [3.63, 3.8) is 0 Å². The number of fused-ring (bicyclic) bond motifs is 3. The lowest BCUT2D eigenvalue weighted by Gasteiger charge is -2.39. The van der Waals surface area contributed by atoms with Gasteiger partial charge in [-0.2, -0.15) is 0 Å². The van der Waals surface area contributed by atoms with E-state index in [0.29, 0.717) is 24.7 Å². The zero-order valence-electron chi connectivity index (χ0n) is 20.4.